The van der Waals surface area contributed by atoms with E-state index >= 15 is 0 Å². The fourth-order valence-corrected chi connectivity index (χ4v) is 1.30. The van der Waals surface area contributed by atoms with Crippen molar-refractivity contribution in [2.24, 2.45) is 5.73 Å². The van der Waals surface area contributed by atoms with E-state index in [-0.39, 0.29) is 6.04 Å². The van der Waals surface area contributed by atoms with Crippen molar-refractivity contribution >= 4 is 17.3 Å². The van der Waals surface area contributed by atoms with Crippen LogP contribution in [0.5, 0.6) is 0 Å². The minimum Gasteiger partial charge on any atom is -0.399 e. The van der Waals surface area contributed by atoms with Crippen molar-refractivity contribution in [3.63, 3.8) is 0 Å². The summed E-state index contributed by atoms with van der Waals surface area (Å²) < 4.78 is 0. The van der Waals surface area contributed by atoms with Gasteiger partial charge in [-0.3, -0.25) is 0 Å². The van der Waals surface area contributed by atoms with Gasteiger partial charge >= 0.3 is 0 Å². The van der Waals surface area contributed by atoms with Crippen LogP contribution in [-0.4, -0.2) is 11.1 Å². The van der Waals surface area contributed by atoms with Crippen LogP contribution in [0.1, 0.15) is 18.6 Å². The van der Waals surface area contributed by atoms with E-state index in [1.54, 1.807) is 25.1 Å². The van der Waals surface area contributed by atoms with Crippen LogP contribution in [0.4, 0.5) is 5.69 Å². The van der Waals surface area contributed by atoms with Gasteiger partial charge in [-0.15, -0.1) is 0 Å². The second-order valence-corrected chi connectivity index (χ2v) is 3.49. The highest BCUT2D eigenvalue weighted by atomic mass is 35.5. The smallest absolute Gasteiger partial charge is 0.0953 e. The number of hydrogen-bond donors (Lipinski definition) is 3. The number of benzene rings is 1. The van der Waals surface area contributed by atoms with Gasteiger partial charge in [-0.2, -0.15) is 0 Å². The zero-order chi connectivity index (χ0) is 10.0. The van der Waals surface area contributed by atoms with Gasteiger partial charge in [-0.25, -0.2) is 0 Å². The van der Waals surface area contributed by atoms with Crippen molar-refractivity contribution < 1.29 is 5.11 Å². The van der Waals surface area contributed by atoms with Gasteiger partial charge in [0.2, 0.25) is 0 Å². The molecule has 1 aromatic rings. The van der Waals surface area contributed by atoms with E-state index in [2.05, 4.69) is 0 Å². The van der Waals surface area contributed by atoms with Crippen molar-refractivity contribution in [2.45, 2.75) is 19.1 Å². The molecule has 0 aliphatic heterocycles. The third kappa shape index (κ3) is 2.34. The maximum atomic E-state index is 9.64. The quantitative estimate of drug-likeness (QED) is 0.631. The summed E-state index contributed by atoms with van der Waals surface area (Å²) in [6.45, 7) is 1.71. The highest BCUT2D eigenvalue weighted by Crippen LogP contribution is 2.26. The zero-order valence-electron chi connectivity index (χ0n) is 7.37. The van der Waals surface area contributed by atoms with Gasteiger partial charge in [-0.05, 0) is 25.1 Å². The van der Waals surface area contributed by atoms with E-state index in [0.717, 1.165) is 0 Å². The molecule has 0 spiro atoms. The first-order valence-corrected chi connectivity index (χ1v) is 4.38. The number of hydrogen-bond acceptors (Lipinski definition) is 3. The minimum atomic E-state index is -0.768. The molecule has 0 unspecified atom stereocenters. The van der Waals surface area contributed by atoms with Crippen LogP contribution in [0, 0.1) is 0 Å². The Hall–Kier alpha value is -0.770. The predicted octanol–water partition coefficient (Wildman–Crippen LogP) is 1.30. The third-order valence-electron chi connectivity index (χ3n) is 1.84. The standard InChI is InChI=1S/C9H13ClN2O/c1-5(11)9(13)7-4-6(12)2-3-8(7)10/h2-5,9,13H,11-12H2,1H3/t5-,9-/m1/s1. The van der Waals surface area contributed by atoms with Crippen molar-refractivity contribution in [1.82, 2.24) is 0 Å². The molecule has 0 aromatic heterocycles. The molecular formula is C9H13ClN2O. The average Bonchev–Trinajstić information content (AvgIpc) is 2.08. The summed E-state index contributed by atoms with van der Waals surface area (Å²) in [4.78, 5) is 0. The van der Waals surface area contributed by atoms with Crippen molar-refractivity contribution in [3.8, 4) is 0 Å². The first-order valence-electron chi connectivity index (χ1n) is 4.01. The van der Waals surface area contributed by atoms with E-state index in [9.17, 15) is 5.11 Å². The second-order valence-electron chi connectivity index (χ2n) is 3.08. The molecule has 0 bridgehead atoms. The lowest BCUT2D eigenvalue weighted by atomic mass is 10.0. The summed E-state index contributed by atoms with van der Waals surface area (Å²) in [5.41, 5.74) is 12.2. The third-order valence-corrected chi connectivity index (χ3v) is 2.18. The van der Waals surface area contributed by atoms with Gasteiger partial charge in [0.1, 0.15) is 0 Å². The summed E-state index contributed by atoms with van der Waals surface area (Å²) in [5.74, 6) is 0. The van der Waals surface area contributed by atoms with Crippen LogP contribution in [0.25, 0.3) is 0 Å². The lowest BCUT2D eigenvalue weighted by Gasteiger charge is -2.16. The number of nitrogen functional groups attached to an aromatic ring is 1. The Morgan fingerprint density at radius 2 is 2.08 bits per heavy atom. The van der Waals surface area contributed by atoms with E-state index in [1.807, 2.05) is 0 Å². The number of anilines is 1. The van der Waals surface area contributed by atoms with E-state index in [4.69, 9.17) is 23.1 Å². The van der Waals surface area contributed by atoms with Crippen LogP contribution in [0.15, 0.2) is 18.2 Å². The molecule has 0 fully saturated rings. The lowest BCUT2D eigenvalue weighted by Crippen LogP contribution is -2.24. The first-order chi connectivity index (χ1) is 6.02. The SMILES string of the molecule is C[C@@H](N)[C@@H](O)c1cc(N)ccc1Cl. The first kappa shape index (κ1) is 10.3. The molecule has 4 heteroatoms. The fourth-order valence-electron chi connectivity index (χ4n) is 1.07. The van der Waals surface area contributed by atoms with Gasteiger partial charge in [0.25, 0.3) is 0 Å². The maximum Gasteiger partial charge on any atom is 0.0953 e. The monoisotopic (exact) mass is 200 g/mol. The molecule has 0 aliphatic rings. The number of aliphatic hydroxyl groups excluding tert-OH is 1. The molecule has 0 aliphatic carbocycles. The van der Waals surface area contributed by atoms with Crippen LogP contribution in [0.3, 0.4) is 0 Å². The Kier molecular flexibility index (Phi) is 3.14. The van der Waals surface area contributed by atoms with Gasteiger partial charge in [-0.1, -0.05) is 11.6 Å². The molecule has 13 heavy (non-hydrogen) atoms. The molecule has 72 valence electrons. The molecule has 0 saturated carbocycles. The summed E-state index contributed by atoms with van der Waals surface area (Å²) in [7, 11) is 0. The largest absolute Gasteiger partial charge is 0.399 e. The van der Waals surface area contributed by atoms with Crippen molar-refractivity contribution in [3.05, 3.63) is 28.8 Å². The topological polar surface area (TPSA) is 72.3 Å². The molecule has 0 radical (unpaired) electrons. The van der Waals surface area contributed by atoms with Crippen LogP contribution in [-0.2, 0) is 0 Å². The normalized spacial score (nSPS) is 15.4. The number of rotatable bonds is 2. The van der Waals surface area contributed by atoms with E-state index in [1.165, 1.54) is 0 Å². The minimum absolute atomic E-state index is 0.362. The molecule has 0 amide bonds. The zero-order valence-corrected chi connectivity index (χ0v) is 8.12. The molecule has 0 heterocycles. The van der Waals surface area contributed by atoms with Gasteiger partial charge in [0.15, 0.2) is 0 Å². The maximum absolute atomic E-state index is 9.64. The average molecular weight is 201 g/mol. The predicted molar refractivity (Wildman–Crippen MR) is 54.5 cm³/mol. The summed E-state index contributed by atoms with van der Waals surface area (Å²) in [5, 5.41) is 10.1. The van der Waals surface area contributed by atoms with Crippen LogP contribution >= 0.6 is 11.6 Å². The van der Waals surface area contributed by atoms with E-state index in [0.29, 0.717) is 16.3 Å². The number of nitrogens with two attached hydrogens (primary N) is 2. The Balaban J connectivity index is 3.05. The molecular weight excluding hydrogens is 188 g/mol. The lowest BCUT2D eigenvalue weighted by molar-refractivity contribution is 0.153. The second kappa shape index (κ2) is 3.96. The molecule has 3 nitrogen and oxygen atoms in total. The molecule has 2 atom stereocenters. The molecule has 1 aromatic carbocycles. The van der Waals surface area contributed by atoms with Gasteiger partial charge in [0.05, 0.1) is 6.10 Å². The molecule has 5 N–H and O–H groups in total. The Bertz CT molecular complexity index is 302. The number of halogens is 1. The fraction of sp³-hybridized carbons (Fsp3) is 0.333. The van der Waals surface area contributed by atoms with Crippen LogP contribution in [0.2, 0.25) is 5.02 Å². The summed E-state index contributed by atoms with van der Waals surface area (Å²) in [6.07, 6.45) is -0.768. The van der Waals surface area contributed by atoms with Gasteiger partial charge in [0, 0.05) is 22.3 Å². The van der Waals surface area contributed by atoms with Crippen molar-refractivity contribution in [2.75, 3.05) is 5.73 Å². The van der Waals surface area contributed by atoms with E-state index < -0.39 is 6.10 Å². The van der Waals surface area contributed by atoms with Gasteiger partial charge < -0.3 is 16.6 Å². The Labute approximate surface area is 82.3 Å². The molecule has 0 saturated heterocycles. The summed E-state index contributed by atoms with van der Waals surface area (Å²) in [6, 6.07) is 4.60. The summed E-state index contributed by atoms with van der Waals surface area (Å²) >= 11 is 5.86. The Morgan fingerprint density at radius 3 is 2.62 bits per heavy atom. The molecule has 1 rings (SSSR count). The van der Waals surface area contributed by atoms with Crippen LogP contribution < -0.4 is 11.5 Å². The highest BCUT2D eigenvalue weighted by molar-refractivity contribution is 6.31. The Morgan fingerprint density at radius 1 is 1.46 bits per heavy atom. The number of aliphatic hydroxyl groups is 1. The van der Waals surface area contributed by atoms with Crippen molar-refractivity contribution in [1.29, 1.82) is 0 Å². The highest BCUT2D eigenvalue weighted by Gasteiger charge is 2.15.